The molecular formula is C27H35N3O5S. The lowest BCUT2D eigenvalue weighted by Gasteiger charge is -2.40. The van der Waals surface area contributed by atoms with E-state index in [-0.39, 0.29) is 22.8 Å². The van der Waals surface area contributed by atoms with Gasteiger partial charge in [-0.05, 0) is 82.5 Å². The predicted octanol–water partition coefficient (Wildman–Crippen LogP) is 3.29. The van der Waals surface area contributed by atoms with E-state index >= 15 is 0 Å². The summed E-state index contributed by atoms with van der Waals surface area (Å²) in [6, 6.07) is 13.2. The van der Waals surface area contributed by atoms with Crippen LogP contribution in [0.25, 0.3) is 0 Å². The van der Waals surface area contributed by atoms with Gasteiger partial charge < -0.3 is 15.4 Å². The number of sulfonamides is 1. The van der Waals surface area contributed by atoms with Crippen LogP contribution in [0.15, 0.2) is 66.1 Å². The van der Waals surface area contributed by atoms with Crippen LogP contribution in [0, 0.1) is 0 Å². The Kier molecular flexibility index (Phi) is 7.95. The van der Waals surface area contributed by atoms with Crippen molar-refractivity contribution in [2.75, 3.05) is 13.7 Å². The summed E-state index contributed by atoms with van der Waals surface area (Å²) in [6.07, 6.45) is 2.23. The zero-order chi connectivity index (χ0) is 26.7. The minimum absolute atomic E-state index is 0.0879. The molecule has 2 amide bonds. The molecule has 9 heteroatoms. The molecule has 1 aliphatic rings. The zero-order valence-electron chi connectivity index (χ0n) is 21.5. The first kappa shape index (κ1) is 27.4. The van der Waals surface area contributed by atoms with Crippen LogP contribution < -0.4 is 15.4 Å². The molecule has 0 radical (unpaired) electrons. The van der Waals surface area contributed by atoms with Crippen molar-refractivity contribution in [2.24, 2.45) is 0 Å². The molecule has 0 aromatic heterocycles. The molecule has 0 spiro atoms. The summed E-state index contributed by atoms with van der Waals surface area (Å²) in [7, 11) is -2.32. The summed E-state index contributed by atoms with van der Waals surface area (Å²) in [6.45, 7) is 11.2. The van der Waals surface area contributed by atoms with Crippen LogP contribution in [0.5, 0.6) is 5.75 Å². The third-order valence-corrected chi connectivity index (χ3v) is 8.97. The summed E-state index contributed by atoms with van der Waals surface area (Å²) < 4.78 is 34.2. The first-order valence-corrected chi connectivity index (χ1v) is 13.3. The number of carbonyl (C=O) groups excluding carboxylic acids is 2. The zero-order valence-corrected chi connectivity index (χ0v) is 22.3. The fraction of sp³-hybridized carbons (Fsp3) is 0.407. The Morgan fingerprint density at radius 2 is 1.75 bits per heavy atom. The fourth-order valence-corrected chi connectivity index (χ4v) is 7.22. The summed E-state index contributed by atoms with van der Waals surface area (Å²) in [4.78, 5) is 24.7. The Labute approximate surface area is 213 Å². The lowest BCUT2D eigenvalue weighted by Crippen LogP contribution is -2.56. The van der Waals surface area contributed by atoms with E-state index in [1.807, 2.05) is 38.1 Å². The molecule has 1 heterocycles. The van der Waals surface area contributed by atoms with Crippen LogP contribution in [0.3, 0.4) is 0 Å². The molecule has 36 heavy (non-hydrogen) atoms. The number of ether oxygens (including phenoxy) is 1. The summed E-state index contributed by atoms with van der Waals surface area (Å²) in [5.74, 6) is 0.132. The number of carbonyl (C=O) groups is 2. The topological polar surface area (TPSA) is 105 Å². The molecule has 2 aromatic rings. The molecule has 1 atom stereocenters. The second kappa shape index (κ2) is 10.4. The van der Waals surface area contributed by atoms with Crippen molar-refractivity contribution in [3.05, 3.63) is 72.3 Å². The average molecular weight is 514 g/mol. The molecule has 0 saturated carbocycles. The highest BCUT2D eigenvalue weighted by Gasteiger charge is 2.57. The fourth-order valence-electron chi connectivity index (χ4n) is 5.05. The largest absolute Gasteiger partial charge is 0.496 e. The first-order valence-electron chi connectivity index (χ1n) is 11.8. The molecule has 3 rings (SSSR count). The van der Waals surface area contributed by atoms with E-state index in [2.05, 4.69) is 17.2 Å². The van der Waals surface area contributed by atoms with Crippen molar-refractivity contribution in [3.8, 4) is 5.75 Å². The minimum atomic E-state index is -3.92. The van der Waals surface area contributed by atoms with E-state index < -0.39 is 21.1 Å². The van der Waals surface area contributed by atoms with Crippen LogP contribution in [0.4, 0.5) is 0 Å². The first-order chi connectivity index (χ1) is 16.8. The van der Waals surface area contributed by atoms with Crippen molar-refractivity contribution < 1.29 is 22.7 Å². The quantitative estimate of drug-likeness (QED) is 0.501. The van der Waals surface area contributed by atoms with Gasteiger partial charge in [-0.2, -0.15) is 4.31 Å². The van der Waals surface area contributed by atoms with E-state index in [0.29, 0.717) is 24.9 Å². The van der Waals surface area contributed by atoms with Gasteiger partial charge in [-0.1, -0.05) is 24.8 Å². The van der Waals surface area contributed by atoms with Crippen molar-refractivity contribution in [1.29, 1.82) is 0 Å². The van der Waals surface area contributed by atoms with Gasteiger partial charge in [0.1, 0.15) is 5.75 Å². The standard InChI is InChI=1S/C27H35N3O5S/c1-7-24(31)29-23-18-26(2,3)30(27(23,4)5)36(33,34)21-14-12-20(13-15-21)25(32)28-17-16-19-10-8-9-11-22(19)35-6/h7-15,23H,1,16-18H2,2-6H3,(H,28,32)(H,29,31). The number of methoxy groups -OCH3 is 1. The number of rotatable bonds is 9. The summed E-state index contributed by atoms with van der Waals surface area (Å²) >= 11 is 0. The lowest BCUT2D eigenvalue weighted by atomic mass is 9.94. The Morgan fingerprint density at radius 1 is 1.11 bits per heavy atom. The minimum Gasteiger partial charge on any atom is -0.496 e. The third kappa shape index (κ3) is 5.47. The number of benzene rings is 2. The smallest absolute Gasteiger partial charge is 0.251 e. The monoisotopic (exact) mass is 513 g/mol. The van der Waals surface area contributed by atoms with Crippen molar-refractivity contribution in [3.63, 3.8) is 0 Å². The molecular weight excluding hydrogens is 478 g/mol. The molecule has 0 aliphatic carbocycles. The van der Waals surface area contributed by atoms with Crippen LogP contribution >= 0.6 is 0 Å². The maximum Gasteiger partial charge on any atom is 0.251 e. The number of hydrogen-bond donors (Lipinski definition) is 2. The average Bonchev–Trinajstić information content (AvgIpc) is 3.02. The molecule has 0 bridgehead atoms. The van der Waals surface area contributed by atoms with Gasteiger partial charge in [-0.3, -0.25) is 9.59 Å². The molecule has 2 aromatic carbocycles. The Bertz CT molecular complexity index is 1240. The molecule has 2 N–H and O–H groups in total. The summed E-state index contributed by atoms with van der Waals surface area (Å²) in [5.41, 5.74) is -0.267. The van der Waals surface area contributed by atoms with Gasteiger partial charge in [0.05, 0.1) is 17.5 Å². The molecule has 1 saturated heterocycles. The van der Waals surface area contributed by atoms with Crippen molar-refractivity contribution >= 4 is 21.8 Å². The highest BCUT2D eigenvalue weighted by molar-refractivity contribution is 7.89. The molecule has 194 valence electrons. The van der Waals surface area contributed by atoms with Crippen LogP contribution in [0.1, 0.15) is 50.0 Å². The number of nitrogens with zero attached hydrogens (tertiary/aromatic N) is 1. The normalized spacial score (nSPS) is 18.9. The van der Waals surface area contributed by atoms with Gasteiger partial charge in [-0.15, -0.1) is 0 Å². The molecule has 1 aliphatic heterocycles. The Balaban J connectivity index is 1.74. The van der Waals surface area contributed by atoms with Gasteiger partial charge >= 0.3 is 0 Å². The highest BCUT2D eigenvalue weighted by Crippen LogP contribution is 2.44. The maximum absolute atomic E-state index is 13.7. The molecule has 1 fully saturated rings. The lowest BCUT2D eigenvalue weighted by molar-refractivity contribution is -0.117. The van der Waals surface area contributed by atoms with E-state index in [4.69, 9.17) is 4.74 Å². The van der Waals surface area contributed by atoms with Crippen LogP contribution in [-0.2, 0) is 21.2 Å². The van der Waals surface area contributed by atoms with Crippen LogP contribution in [0.2, 0.25) is 0 Å². The predicted molar refractivity (Wildman–Crippen MR) is 139 cm³/mol. The maximum atomic E-state index is 13.7. The Hall–Kier alpha value is -3.17. The number of amides is 2. The molecule has 8 nitrogen and oxygen atoms in total. The van der Waals surface area contributed by atoms with Gasteiger partial charge in [0.15, 0.2) is 0 Å². The van der Waals surface area contributed by atoms with Gasteiger partial charge in [0, 0.05) is 23.7 Å². The second-order valence-electron chi connectivity index (χ2n) is 10.0. The molecule has 1 unspecified atom stereocenters. The van der Waals surface area contributed by atoms with E-state index in [1.165, 1.54) is 34.6 Å². The van der Waals surface area contributed by atoms with E-state index in [9.17, 15) is 18.0 Å². The highest BCUT2D eigenvalue weighted by atomic mass is 32.2. The third-order valence-electron chi connectivity index (χ3n) is 6.66. The Morgan fingerprint density at radius 3 is 2.36 bits per heavy atom. The number of hydrogen-bond acceptors (Lipinski definition) is 5. The van der Waals surface area contributed by atoms with Crippen molar-refractivity contribution in [1.82, 2.24) is 14.9 Å². The van der Waals surface area contributed by atoms with Gasteiger partial charge in [-0.25, -0.2) is 8.42 Å². The van der Waals surface area contributed by atoms with Crippen LogP contribution in [-0.4, -0.2) is 55.3 Å². The van der Waals surface area contributed by atoms with Gasteiger partial charge in [0.2, 0.25) is 15.9 Å². The SMILES string of the molecule is C=CC(=O)NC1CC(C)(C)N(S(=O)(=O)c2ccc(C(=O)NCCc3ccccc3OC)cc2)C1(C)C. The number of para-hydroxylation sites is 1. The number of nitrogens with one attached hydrogen (secondary N) is 2. The van der Waals surface area contributed by atoms with E-state index in [0.717, 1.165) is 11.3 Å². The van der Waals surface area contributed by atoms with E-state index in [1.54, 1.807) is 21.0 Å². The van der Waals surface area contributed by atoms with Crippen molar-refractivity contribution in [2.45, 2.75) is 62.6 Å². The second-order valence-corrected chi connectivity index (χ2v) is 11.8. The van der Waals surface area contributed by atoms with Gasteiger partial charge in [0.25, 0.3) is 5.91 Å². The summed E-state index contributed by atoms with van der Waals surface area (Å²) in [5, 5.41) is 5.73.